The third kappa shape index (κ3) is 5.28. The topological polar surface area (TPSA) is 135 Å². The Morgan fingerprint density at radius 3 is 2.26 bits per heavy atom. The number of benzene rings is 2. The number of fused-ring (bicyclic) bond motifs is 1. The van der Waals surface area contributed by atoms with Crippen molar-refractivity contribution in [3.8, 4) is 5.75 Å². The third-order valence-corrected chi connectivity index (χ3v) is 4.96. The first kappa shape index (κ1) is 24.5. The van der Waals surface area contributed by atoms with E-state index >= 15 is 0 Å². The Morgan fingerprint density at radius 2 is 1.65 bits per heavy atom. The number of hydrogen-bond acceptors (Lipinski definition) is 6. The van der Waals surface area contributed by atoms with Gasteiger partial charge in [0.2, 0.25) is 0 Å². The second-order valence-electron chi connectivity index (χ2n) is 7.12. The van der Waals surface area contributed by atoms with Crippen LogP contribution in [-0.2, 0) is 16.0 Å². The minimum Gasteiger partial charge on any atom is -0.478 e. The number of carbonyl (C=O) groups excluding carboxylic acids is 3. The van der Waals surface area contributed by atoms with Gasteiger partial charge >= 0.3 is 47.5 Å². The summed E-state index contributed by atoms with van der Waals surface area (Å²) in [5, 5.41) is 18.5. The molecular weight excluding hydrogens is 415 g/mol. The molecule has 9 heteroatoms. The van der Waals surface area contributed by atoms with Gasteiger partial charge in [-0.25, -0.2) is 9.59 Å². The van der Waals surface area contributed by atoms with Gasteiger partial charge in [0, 0.05) is 6.42 Å². The molecule has 2 unspecified atom stereocenters. The van der Waals surface area contributed by atoms with E-state index in [1.165, 1.54) is 31.2 Å². The van der Waals surface area contributed by atoms with Crippen molar-refractivity contribution in [1.29, 1.82) is 0 Å². The molecule has 0 aliphatic carbocycles. The first-order valence-electron chi connectivity index (χ1n) is 9.13. The van der Waals surface area contributed by atoms with E-state index in [0.717, 1.165) is 6.07 Å². The first-order chi connectivity index (χ1) is 14.2. The predicted octanol–water partition coefficient (Wildman–Crippen LogP) is -0.357. The summed E-state index contributed by atoms with van der Waals surface area (Å²) >= 11 is 0. The number of para-hydroxylation sites is 1. The number of ether oxygens (including phenoxy) is 1. The van der Waals surface area contributed by atoms with E-state index in [2.05, 4.69) is 0 Å². The molecule has 0 fully saturated rings. The number of Topliss-reactive ketones (excluding diaryl/α,β-unsaturated/α-hetero) is 2. The Kier molecular flexibility index (Phi) is 7.89. The van der Waals surface area contributed by atoms with E-state index in [4.69, 9.17) is 9.84 Å². The van der Waals surface area contributed by atoms with Crippen molar-refractivity contribution < 1.29 is 68.5 Å². The van der Waals surface area contributed by atoms with Crippen molar-refractivity contribution in [3.05, 3.63) is 64.7 Å². The van der Waals surface area contributed by atoms with E-state index in [-0.39, 0.29) is 65.1 Å². The van der Waals surface area contributed by atoms with Crippen LogP contribution in [0.4, 0.5) is 0 Å². The van der Waals surface area contributed by atoms with Crippen LogP contribution in [0.1, 0.15) is 50.0 Å². The quantitative estimate of drug-likeness (QED) is 0.262. The maximum Gasteiger partial charge on any atom is 1.00 e. The Labute approximate surface area is 199 Å². The van der Waals surface area contributed by atoms with Gasteiger partial charge in [0.25, 0.3) is 0 Å². The number of carbonyl (C=O) groups is 5. The maximum atomic E-state index is 13.0. The molecule has 2 N–H and O–H groups in total. The van der Waals surface area contributed by atoms with Crippen LogP contribution in [0, 0.1) is 11.8 Å². The van der Waals surface area contributed by atoms with Crippen LogP contribution in [0.2, 0.25) is 0 Å². The largest absolute Gasteiger partial charge is 1.00 e. The van der Waals surface area contributed by atoms with Gasteiger partial charge in [0.15, 0.2) is 5.78 Å². The minimum atomic E-state index is -1.42. The van der Waals surface area contributed by atoms with E-state index in [9.17, 15) is 29.1 Å². The molecule has 8 nitrogen and oxygen atoms in total. The third-order valence-electron chi connectivity index (χ3n) is 4.96. The summed E-state index contributed by atoms with van der Waals surface area (Å²) in [7, 11) is 0. The van der Waals surface area contributed by atoms with E-state index < -0.39 is 41.1 Å². The van der Waals surface area contributed by atoms with Crippen molar-refractivity contribution in [3.63, 3.8) is 0 Å². The van der Waals surface area contributed by atoms with E-state index in [1.807, 2.05) is 0 Å². The standard InChI is InChI=1S/C22H18O8.Na/c1-11(23)8-13(9-12-6-7-14(20(25)26)16(10-12)21(27)28)18-19(24)15-4-2-3-5-17(15)30-22(18)29;/h2-7,10,13,18H,8-9H2,1H3,(H,25,26)(H,27,28);/q;+1. The monoisotopic (exact) mass is 433 g/mol. The van der Waals surface area contributed by atoms with Crippen LogP contribution < -0.4 is 34.3 Å². The molecule has 0 radical (unpaired) electrons. The van der Waals surface area contributed by atoms with Crippen molar-refractivity contribution in [2.75, 3.05) is 0 Å². The summed E-state index contributed by atoms with van der Waals surface area (Å²) in [5.74, 6) is -6.13. The number of aromatic carboxylic acids is 2. The molecule has 2 aromatic rings. The number of carboxylic acids is 2. The SMILES string of the molecule is CC(=O)CC(Cc1ccc(C(=O)O)c(C(=O)O)c1)C1C(=O)Oc2ccccc2C1=O.[Na+]. The molecular formula is C22H18NaO8+. The number of hydrogen-bond donors (Lipinski definition) is 2. The summed E-state index contributed by atoms with van der Waals surface area (Å²) in [6.07, 6.45) is -0.0792. The molecule has 0 aromatic heterocycles. The zero-order valence-electron chi connectivity index (χ0n) is 17.0. The van der Waals surface area contributed by atoms with Crippen molar-refractivity contribution in [2.24, 2.45) is 11.8 Å². The predicted molar refractivity (Wildman–Crippen MR) is 103 cm³/mol. The summed E-state index contributed by atoms with van der Waals surface area (Å²) in [6, 6.07) is 10.1. The molecule has 31 heavy (non-hydrogen) atoms. The molecule has 2 aromatic carbocycles. The van der Waals surface area contributed by atoms with E-state index in [1.54, 1.807) is 12.1 Å². The van der Waals surface area contributed by atoms with Gasteiger partial charge in [-0.1, -0.05) is 18.2 Å². The van der Waals surface area contributed by atoms with Crippen LogP contribution in [0.3, 0.4) is 0 Å². The number of carboxylic acid groups (broad SMARTS) is 2. The van der Waals surface area contributed by atoms with E-state index in [0.29, 0.717) is 5.56 Å². The Morgan fingerprint density at radius 1 is 1.00 bits per heavy atom. The molecule has 1 heterocycles. The summed E-state index contributed by atoms with van der Waals surface area (Å²) in [6.45, 7) is 1.33. The van der Waals surface area contributed by atoms with Gasteiger partial charge < -0.3 is 19.7 Å². The van der Waals surface area contributed by atoms with Crippen LogP contribution >= 0.6 is 0 Å². The Balaban J connectivity index is 0.00000341. The first-order valence-corrected chi connectivity index (χ1v) is 9.13. The summed E-state index contributed by atoms with van der Waals surface area (Å²) < 4.78 is 5.28. The van der Waals surface area contributed by atoms with Gasteiger partial charge in [0.1, 0.15) is 17.5 Å². The van der Waals surface area contributed by atoms with Crippen molar-refractivity contribution in [1.82, 2.24) is 0 Å². The molecule has 154 valence electrons. The number of esters is 1. The number of rotatable bonds is 7. The second kappa shape index (κ2) is 10.00. The van der Waals surface area contributed by atoms with Crippen molar-refractivity contribution in [2.45, 2.75) is 19.8 Å². The summed E-state index contributed by atoms with van der Waals surface area (Å²) in [5.41, 5.74) is -0.160. The fourth-order valence-electron chi connectivity index (χ4n) is 3.67. The Hall–Kier alpha value is -2.81. The second-order valence-corrected chi connectivity index (χ2v) is 7.12. The molecule has 3 rings (SSSR count). The smallest absolute Gasteiger partial charge is 0.478 e. The fourth-order valence-corrected chi connectivity index (χ4v) is 3.67. The van der Waals surface area contributed by atoms with Gasteiger partial charge in [0.05, 0.1) is 16.7 Å². The van der Waals surface area contributed by atoms with Crippen LogP contribution in [0.15, 0.2) is 42.5 Å². The van der Waals surface area contributed by atoms with Crippen LogP contribution in [0.5, 0.6) is 5.75 Å². The fraction of sp³-hybridized carbons (Fsp3) is 0.227. The molecule has 0 saturated heterocycles. The Bertz CT molecular complexity index is 1070. The molecule has 0 saturated carbocycles. The minimum absolute atomic E-state index is 0. The molecule has 0 bridgehead atoms. The average molecular weight is 433 g/mol. The van der Waals surface area contributed by atoms with Gasteiger partial charge in [-0.2, -0.15) is 0 Å². The number of ketones is 2. The average Bonchev–Trinajstić information content (AvgIpc) is 2.67. The maximum absolute atomic E-state index is 13.0. The normalized spacial score (nSPS) is 15.8. The zero-order chi connectivity index (χ0) is 22.0. The van der Waals surface area contributed by atoms with Gasteiger partial charge in [-0.15, -0.1) is 0 Å². The summed E-state index contributed by atoms with van der Waals surface area (Å²) in [4.78, 5) is 60.1. The van der Waals surface area contributed by atoms with Crippen LogP contribution in [0.25, 0.3) is 0 Å². The van der Waals surface area contributed by atoms with Gasteiger partial charge in [-0.05, 0) is 49.1 Å². The zero-order valence-corrected chi connectivity index (χ0v) is 19.0. The van der Waals surface area contributed by atoms with Crippen LogP contribution in [-0.4, -0.2) is 39.7 Å². The molecule has 0 spiro atoms. The molecule has 0 amide bonds. The molecule has 1 aliphatic heterocycles. The van der Waals surface area contributed by atoms with Crippen molar-refractivity contribution >= 4 is 29.5 Å². The molecule has 2 atom stereocenters. The van der Waals surface area contributed by atoms with Gasteiger partial charge in [-0.3, -0.25) is 9.59 Å². The molecule has 1 aliphatic rings.